The lowest BCUT2D eigenvalue weighted by molar-refractivity contribution is -0.146. The average molecular weight is 357 g/mol. The quantitative estimate of drug-likeness (QED) is 0.799. The first-order chi connectivity index (χ1) is 11.2. The Labute approximate surface area is 140 Å². The van der Waals surface area contributed by atoms with E-state index in [-0.39, 0.29) is 18.3 Å². The minimum absolute atomic E-state index is 0.101. The molecule has 1 aliphatic rings. The number of carbonyl (C=O) groups is 2. The van der Waals surface area contributed by atoms with Crippen LogP contribution in [0.2, 0.25) is 0 Å². The van der Waals surface area contributed by atoms with E-state index in [9.17, 15) is 22.4 Å². The first kappa shape index (κ1) is 18.3. The number of nitrogens with zero attached hydrogens (tertiary/aromatic N) is 2. The van der Waals surface area contributed by atoms with E-state index in [0.717, 1.165) is 11.8 Å². The van der Waals surface area contributed by atoms with Crippen molar-refractivity contribution in [3.8, 4) is 0 Å². The third-order valence-corrected chi connectivity index (χ3v) is 4.46. The van der Waals surface area contributed by atoms with Crippen molar-refractivity contribution in [2.24, 2.45) is 0 Å². The number of hydrogen-bond acceptors (Lipinski definition) is 4. The Balaban J connectivity index is 1.93. The van der Waals surface area contributed by atoms with E-state index in [1.54, 1.807) is 17.0 Å². The van der Waals surface area contributed by atoms with Crippen molar-refractivity contribution < 1.29 is 22.4 Å². The zero-order valence-corrected chi connectivity index (χ0v) is 14.3. The summed E-state index contributed by atoms with van der Waals surface area (Å²) < 4.78 is 37.5. The number of sulfonamides is 1. The molecule has 7 nitrogen and oxygen atoms in total. The predicted octanol–water partition coefficient (Wildman–Crippen LogP) is -0.0658. The third kappa shape index (κ3) is 5.00. The molecule has 0 aliphatic carbocycles. The van der Waals surface area contributed by atoms with Crippen molar-refractivity contribution >= 4 is 21.8 Å². The molecule has 1 heterocycles. The summed E-state index contributed by atoms with van der Waals surface area (Å²) in [6, 6.07) is 4.96. The molecule has 0 aromatic heterocycles. The summed E-state index contributed by atoms with van der Waals surface area (Å²) >= 11 is 0. The number of carbonyl (C=O) groups excluding carboxylic acids is 2. The molecule has 1 N–H and O–H groups in total. The normalized spacial score (nSPS) is 17.0. The summed E-state index contributed by atoms with van der Waals surface area (Å²) in [6.45, 7) is 2.35. The second-order valence-corrected chi connectivity index (χ2v) is 7.59. The topological polar surface area (TPSA) is 86.8 Å². The SMILES string of the molecule is C[C@@H](NS(C)(=O)=O)C(=O)N1CCN(Cc2ccc(F)cc2)C(=O)C1. The molecule has 1 saturated heterocycles. The number of amides is 2. The fourth-order valence-electron chi connectivity index (χ4n) is 2.52. The van der Waals surface area contributed by atoms with Crippen molar-refractivity contribution in [2.45, 2.75) is 19.5 Å². The third-order valence-electron chi connectivity index (χ3n) is 3.68. The van der Waals surface area contributed by atoms with Crippen LogP contribution < -0.4 is 4.72 Å². The zero-order chi connectivity index (χ0) is 17.9. The van der Waals surface area contributed by atoms with Crippen LogP contribution in [0.25, 0.3) is 0 Å². The number of hydrogen-bond donors (Lipinski definition) is 1. The second-order valence-electron chi connectivity index (χ2n) is 5.81. The maximum atomic E-state index is 12.9. The van der Waals surface area contributed by atoms with E-state index in [4.69, 9.17) is 0 Å². The van der Waals surface area contributed by atoms with Crippen LogP contribution in [-0.4, -0.2) is 62.0 Å². The van der Waals surface area contributed by atoms with Gasteiger partial charge in [-0.15, -0.1) is 0 Å². The number of rotatable bonds is 5. The van der Waals surface area contributed by atoms with E-state index in [1.165, 1.54) is 24.0 Å². The van der Waals surface area contributed by atoms with Crippen LogP contribution in [0.4, 0.5) is 4.39 Å². The Hall–Kier alpha value is -2.00. The fourth-order valence-corrected chi connectivity index (χ4v) is 3.26. The Morgan fingerprint density at radius 2 is 1.92 bits per heavy atom. The van der Waals surface area contributed by atoms with Crippen LogP contribution in [0.3, 0.4) is 0 Å². The van der Waals surface area contributed by atoms with Gasteiger partial charge in [-0.1, -0.05) is 12.1 Å². The first-order valence-electron chi connectivity index (χ1n) is 7.44. The van der Waals surface area contributed by atoms with Gasteiger partial charge in [-0.2, -0.15) is 0 Å². The standard InChI is InChI=1S/C15H20FN3O4S/c1-11(17-24(2,22)23)15(21)19-8-7-18(14(20)10-19)9-12-3-5-13(16)6-4-12/h3-6,11,17H,7-10H2,1-2H3/t11-/m1/s1. The summed E-state index contributed by atoms with van der Waals surface area (Å²) in [5.41, 5.74) is 0.802. The molecule has 0 unspecified atom stereocenters. The van der Waals surface area contributed by atoms with Crippen LogP contribution >= 0.6 is 0 Å². The van der Waals surface area contributed by atoms with Gasteiger partial charge in [0.25, 0.3) is 0 Å². The van der Waals surface area contributed by atoms with Gasteiger partial charge in [0.2, 0.25) is 21.8 Å². The highest BCUT2D eigenvalue weighted by atomic mass is 32.2. The maximum Gasteiger partial charge on any atom is 0.242 e. The van der Waals surface area contributed by atoms with Crippen LogP contribution in [0, 0.1) is 5.82 Å². The highest BCUT2D eigenvalue weighted by Gasteiger charge is 2.30. The van der Waals surface area contributed by atoms with Crippen molar-refractivity contribution in [1.82, 2.24) is 14.5 Å². The molecule has 0 bridgehead atoms. The molecular weight excluding hydrogens is 337 g/mol. The predicted molar refractivity (Wildman–Crippen MR) is 85.8 cm³/mol. The molecule has 24 heavy (non-hydrogen) atoms. The van der Waals surface area contributed by atoms with Crippen LogP contribution in [0.15, 0.2) is 24.3 Å². The molecule has 2 amide bonds. The molecule has 9 heteroatoms. The van der Waals surface area contributed by atoms with Gasteiger partial charge in [0.15, 0.2) is 0 Å². The van der Waals surface area contributed by atoms with Crippen molar-refractivity contribution in [2.75, 3.05) is 25.9 Å². The van der Waals surface area contributed by atoms with Crippen LogP contribution in [0.1, 0.15) is 12.5 Å². The summed E-state index contributed by atoms with van der Waals surface area (Å²) in [5.74, 6) is -1.01. The summed E-state index contributed by atoms with van der Waals surface area (Å²) in [5, 5.41) is 0. The van der Waals surface area contributed by atoms with Gasteiger partial charge in [-0.3, -0.25) is 9.59 Å². The van der Waals surface area contributed by atoms with Crippen molar-refractivity contribution in [3.63, 3.8) is 0 Å². The second kappa shape index (κ2) is 7.27. The minimum atomic E-state index is -3.50. The van der Waals surface area contributed by atoms with E-state index < -0.39 is 22.0 Å². The molecular formula is C15H20FN3O4S. The van der Waals surface area contributed by atoms with Gasteiger partial charge in [-0.25, -0.2) is 17.5 Å². The molecule has 2 rings (SSSR count). The van der Waals surface area contributed by atoms with Gasteiger partial charge in [-0.05, 0) is 24.6 Å². The average Bonchev–Trinajstić information content (AvgIpc) is 2.49. The monoisotopic (exact) mass is 357 g/mol. The molecule has 1 aromatic carbocycles. The van der Waals surface area contributed by atoms with Crippen molar-refractivity contribution in [1.29, 1.82) is 0 Å². The lowest BCUT2D eigenvalue weighted by Gasteiger charge is -2.35. The van der Waals surface area contributed by atoms with E-state index >= 15 is 0 Å². The van der Waals surface area contributed by atoms with Crippen LogP contribution in [-0.2, 0) is 26.2 Å². The number of piperazine rings is 1. The molecule has 1 aliphatic heterocycles. The minimum Gasteiger partial charge on any atom is -0.335 e. The lowest BCUT2D eigenvalue weighted by Crippen LogP contribution is -2.56. The summed E-state index contributed by atoms with van der Waals surface area (Å²) in [4.78, 5) is 27.3. The molecule has 0 saturated carbocycles. The summed E-state index contributed by atoms with van der Waals surface area (Å²) in [7, 11) is -3.50. The highest BCUT2D eigenvalue weighted by Crippen LogP contribution is 2.11. The highest BCUT2D eigenvalue weighted by molar-refractivity contribution is 7.88. The zero-order valence-electron chi connectivity index (χ0n) is 13.5. The van der Waals surface area contributed by atoms with Gasteiger partial charge < -0.3 is 9.80 Å². The first-order valence-corrected chi connectivity index (χ1v) is 9.33. The van der Waals surface area contributed by atoms with Gasteiger partial charge in [0, 0.05) is 19.6 Å². The smallest absolute Gasteiger partial charge is 0.242 e. The van der Waals surface area contributed by atoms with Crippen LogP contribution in [0.5, 0.6) is 0 Å². The number of benzene rings is 1. The Bertz CT molecular complexity index is 721. The van der Waals surface area contributed by atoms with Gasteiger partial charge >= 0.3 is 0 Å². The maximum absolute atomic E-state index is 12.9. The van der Waals surface area contributed by atoms with Gasteiger partial charge in [0.1, 0.15) is 5.82 Å². The number of nitrogens with one attached hydrogen (secondary N) is 1. The Morgan fingerprint density at radius 3 is 2.46 bits per heavy atom. The van der Waals surface area contributed by atoms with E-state index in [0.29, 0.717) is 19.6 Å². The molecule has 1 atom stereocenters. The Morgan fingerprint density at radius 1 is 1.29 bits per heavy atom. The fraction of sp³-hybridized carbons (Fsp3) is 0.467. The molecule has 1 aromatic rings. The Kier molecular flexibility index (Phi) is 5.55. The summed E-state index contributed by atoms with van der Waals surface area (Å²) in [6.07, 6.45) is 0.975. The van der Waals surface area contributed by atoms with Crippen molar-refractivity contribution in [3.05, 3.63) is 35.6 Å². The molecule has 132 valence electrons. The molecule has 1 fully saturated rings. The number of halogens is 1. The van der Waals surface area contributed by atoms with Gasteiger partial charge in [0.05, 0.1) is 18.8 Å². The van der Waals surface area contributed by atoms with E-state index in [1.807, 2.05) is 0 Å². The molecule has 0 radical (unpaired) electrons. The van der Waals surface area contributed by atoms with E-state index in [2.05, 4.69) is 4.72 Å². The largest absolute Gasteiger partial charge is 0.335 e. The lowest BCUT2D eigenvalue weighted by atomic mass is 10.2. The molecule has 0 spiro atoms.